The van der Waals surface area contributed by atoms with Gasteiger partial charge in [0.15, 0.2) is 0 Å². The Bertz CT molecular complexity index is 829. The summed E-state index contributed by atoms with van der Waals surface area (Å²) in [5.41, 5.74) is 5.91. The van der Waals surface area contributed by atoms with Gasteiger partial charge in [0.2, 0.25) is 0 Å². The maximum absolute atomic E-state index is 2.43. The van der Waals surface area contributed by atoms with Gasteiger partial charge in [0.1, 0.15) is 0 Å². The predicted molar refractivity (Wildman–Crippen MR) is 159 cm³/mol. The summed E-state index contributed by atoms with van der Waals surface area (Å²) in [4.78, 5) is 0. The van der Waals surface area contributed by atoms with Crippen LogP contribution in [0.2, 0.25) is 0 Å². The molecule has 0 heteroatoms. The van der Waals surface area contributed by atoms with Crippen LogP contribution in [-0.4, -0.2) is 0 Å². The summed E-state index contributed by atoms with van der Waals surface area (Å²) in [6.07, 6.45) is 25.7. The molecule has 36 heavy (non-hydrogen) atoms. The highest BCUT2D eigenvalue weighted by Crippen LogP contribution is 2.40. The molecule has 0 heterocycles. The van der Waals surface area contributed by atoms with Crippen LogP contribution >= 0.6 is 0 Å². The van der Waals surface area contributed by atoms with Gasteiger partial charge in [0, 0.05) is 0 Å². The molecule has 198 valence electrons. The smallest absolute Gasteiger partial charge is 0.0162 e. The van der Waals surface area contributed by atoms with Crippen LogP contribution in [0.4, 0.5) is 0 Å². The molecule has 0 nitrogen and oxygen atoms in total. The quantitative estimate of drug-likeness (QED) is 0.247. The minimum absolute atomic E-state index is 0.787. The molecule has 0 atom stereocenters. The number of hydrogen-bond donors (Lipinski definition) is 0. The zero-order valence-electron chi connectivity index (χ0n) is 23.7. The molecule has 2 aliphatic rings. The van der Waals surface area contributed by atoms with Crippen molar-refractivity contribution < 1.29 is 0 Å². The van der Waals surface area contributed by atoms with Crippen molar-refractivity contribution >= 4 is 0 Å². The molecule has 2 aliphatic carbocycles. The van der Waals surface area contributed by atoms with E-state index in [0.29, 0.717) is 0 Å². The summed E-state index contributed by atoms with van der Waals surface area (Å²) < 4.78 is 0. The molecule has 0 amide bonds. The average molecular weight is 487 g/mol. The summed E-state index contributed by atoms with van der Waals surface area (Å²) in [6, 6.07) is 19.2. The summed E-state index contributed by atoms with van der Waals surface area (Å²) in [5.74, 6) is 3.57. The molecule has 0 aromatic heterocycles. The van der Waals surface area contributed by atoms with Crippen LogP contribution in [0.5, 0.6) is 0 Å². The molecule has 0 spiro atoms. The predicted octanol–water partition coefficient (Wildman–Crippen LogP) is 11.8. The van der Waals surface area contributed by atoms with Crippen molar-refractivity contribution in [2.24, 2.45) is 11.8 Å². The lowest BCUT2D eigenvalue weighted by Gasteiger charge is -2.29. The molecule has 4 rings (SSSR count). The third kappa shape index (κ3) is 8.22. The van der Waals surface area contributed by atoms with Crippen molar-refractivity contribution in [1.29, 1.82) is 0 Å². The zero-order chi connectivity index (χ0) is 25.0. The molecule has 0 saturated heterocycles. The van der Waals surface area contributed by atoms with Crippen LogP contribution in [0.3, 0.4) is 0 Å². The summed E-state index contributed by atoms with van der Waals surface area (Å²) in [7, 11) is 0. The van der Waals surface area contributed by atoms with Crippen molar-refractivity contribution in [3.8, 4) is 11.1 Å². The van der Waals surface area contributed by atoms with Crippen molar-refractivity contribution in [3.05, 3.63) is 59.7 Å². The summed E-state index contributed by atoms with van der Waals surface area (Å²) in [5, 5.41) is 0. The molecule has 0 unspecified atom stereocenters. The first-order valence-corrected chi connectivity index (χ1v) is 16.0. The highest BCUT2D eigenvalue weighted by molar-refractivity contribution is 5.64. The molecule has 2 fully saturated rings. The Kier molecular flexibility index (Phi) is 11.4. The second kappa shape index (κ2) is 15.0. The molecule has 0 bridgehead atoms. The first-order chi connectivity index (χ1) is 17.8. The largest absolute Gasteiger partial charge is 0.0654 e. The van der Waals surface area contributed by atoms with Crippen LogP contribution in [-0.2, 0) is 0 Å². The molecular weight excluding hydrogens is 432 g/mol. The molecule has 0 radical (unpaired) electrons. The fraction of sp³-hybridized carbons (Fsp3) is 0.667. The minimum Gasteiger partial charge on any atom is -0.0654 e. The molecule has 2 saturated carbocycles. The van der Waals surface area contributed by atoms with Gasteiger partial charge in [-0.2, -0.15) is 0 Å². The van der Waals surface area contributed by atoms with Gasteiger partial charge in [-0.3, -0.25) is 0 Å². The van der Waals surface area contributed by atoms with E-state index in [2.05, 4.69) is 62.4 Å². The SMILES string of the molecule is CCCCCCC[C@H]1CC[C@H](c2ccc(-c3ccc([C@H]4CC[C@H](CCCCC)CC4)cc3)cc2)CC1. The number of hydrogen-bond acceptors (Lipinski definition) is 0. The Labute approximate surface area is 223 Å². The number of unbranched alkanes of at least 4 members (excludes halogenated alkanes) is 6. The average Bonchev–Trinajstić information content (AvgIpc) is 2.94. The fourth-order valence-electron chi connectivity index (χ4n) is 7.18. The maximum Gasteiger partial charge on any atom is -0.0162 e. The third-order valence-electron chi connectivity index (χ3n) is 9.72. The van der Waals surface area contributed by atoms with Crippen molar-refractivity contribution in [3.63, 3.8) is 0 Å². The topological polar surface area (TPSA) is 0 Å². The number of benzene rings is 2. The van der Waals surface area contributed by atoms with E-state index >= 15 is 0 Å². The van der Waals surface area contributed by atoms with Crippen LogP contribution in [0.25, 0.3) is 11.1 Å². The van der Waals surface area contributed by atoms with Gasteiger partial charge in [0.05, 0.1) is 0 Å². The van der Waals surface area contributed by atoms with E-state index in [1.807, 2.05) is 0 Å². The lowest BCUT2D eigenvalue weighted by molar-refractivity contribution is 0.302. The highest BCUT2D eigenvalue weighted by Gasteiger charge is 2.23. The minimum atomic E-state index is 0.787. The normalized spacial score (nSPS) is 24.6. The molecule has 2 aromatic carbocycles. The summed E-state index contributed by atoms with van der Waals surface area (Å²) >= 11 is 0. The van der Waals surface area contributed by atoms with Gasteiger partial charge in [0.25, 0.3) is 0 Å². The maximum atomic E-state index is 2.43. The molecular formula is C36H54. The third-order valence-corrected chi connectivity index (χ3v) is 9.72. The zero-order valence-corrected chi connectivity index (χ0v) is 23.7. The Balaban J connectivity index is 1.21. The first kappa shape index (κ1) is 27.5. The van der Waals surface area contributed by atoms with Crippen LogP contribution in [0.15, 0.2) is 48.5 Å². The standard InChI is InChI=1S/C36H54/c1-3-5-7-8-10-12-30-15-19-32(20-16-30)34-23-27-36(28-24-34)35-25-21-33(22-26-35)31-17-13-29(14-18-31)11-9-6-4-2/h21-32H,3-20H2,1-2H3/t29-,30-,31-,32-. The molecule has 0 N–H and O–H groups in total. The highest BCUT2D eigenvalue weighted by atomic mass is 14.3. The van der Waals surface area contributed by atoms with Gasteiger partial charge in [-0.1, -0.05) is 127 Å². The second-order valence-electron chi connectivity index (χ2n) is 12.4. The van der Waals surface area contributed by atoms with Gasteiger partial charge >= 0.3 is 0 Å². The molecule has 0 aliphatic heterocycles. The first-order valence-electron chi connectivity index (χ1n) is 16.0. The fourth-order valence-corrected chi connectivity index (χ4v) is 7.18. The van der Waals surface area contributed by atoms with Crippen molar-refractivity contribution in [2.75, 3.05) is 0 Å². The Morgan fingerprint density at radius 2 is 0.806 bits per heavy atom. The van der Waals surface area contributed by atoms with Crippen LogP contribution in [0.1, 0.15) is 152 Å². The van der Waals surface area contributed by atoms with E-state index in [9.17, 15) is 0 Å². The van der Waals surface area contributed by atoms with E-state index < -0.39 is 0 Å². The van der Waals surface area contributed by atoms with E-state index in [0.717, 1.165) is 23.7 Å². The van der Waals surface area contributed by atoms with E-state index in [1.54, 1.807) is 11.1 Å². The Hall–Kier alpha value is -1.56. The molecule has 2 aromatic rings. The Morgan fingerprint density at radius 1 is 0.444 bits per heavy atom. The van der Waals surface area contributed by atoms with E-state index in [1.165, 1.54) is 127 Å². The van der Waals surface area contributed by atoms with Crippen LogP contribution in [0, 0.1) is 11.8 Å². The van der Waals surface area contributed by atoms with Gasteiger partial charge in [-0.25, -0.2) is 0 Å². The Morgan fingerprint density at radius 3 is 1.22 bits per heavy atom. The summed E-state index contributed by atoms with van der Waals surface area (Å²) in [6.45, 7) is 4.63. The van der Waals surface area contributed by atoms with Gasteiger partial charge < -0.3 is 0 Å². The lowest BCUT2D eigenvalue weighted by Crippen LogP contribution is -2.13. The van der Waals surface area contributed by atoms with Crippen molar-refractivity contribution in [1.82, 2.24) is 0 Å². The lowest BCUT2D eigenvalue weighted by atomic mass is 9.76. The van der Waals surface area contributed by atoms with Crippen molar-refractivity contribution in [2.45, 2.75) is 141 Å². The second-order valence-corrected chi connectivity index (χ2v) is 12.4. The van der Waals surface area contributed by atoms with Gasteiger partial charge in [-0.15, -0.1) is 0 Å². The van der Waals surface area contributed by atoms with Gasteiger partial charge in [-0.05, 0) is 97.3 Å². The number of rotatable bonds is 13. The van der Waals surface area contributed by atoms with E-state index in [4.69, 9.17) is 0 Å². The van der Waals surface area contributed by atoms with Crippen LogP contribution < -0.4 is 0 Å². The monoisotopic (exact) mass is 486 g/mol. The van der Waals surface area contributed by atoms with E-state index in [-0.39, 0.29) is 0 Å².